The fourth-order valence-electron chi connectivity index (χ4n) is 1.48. The number of carbonyl (C=O) groups is 1. The summed E-state index contributed by atoms with van der Waals surface area (Å²) in [6, 6.07) is 7.19. The van der Waals surface area contributed by atoms with Crippen molar-refractivity contribution in [2.45, 2.75) is 26.1 Å². The van der Waals surface area contributed by atoms with Crippen molar-refractivity contribution in [2.24, 2.45) is 0 Å². The van der Waals surface area contributed by atoms with Gasteiger partial charge in [-0.05, 0) is 31.0 Å². The molecule has 0 aliphatic rings. The van der Waals surface area contributed by atoms with Gasteiger partial charge in [0.25, 0.3) is 0 Å². The van der Waals surface area contributed by atoms with Crippen LogP contribution in [0.2, 0.25) is 0 Å². The van der Waals surface area contributed by atoms with Crippen molar-refractivity contribution in [3.8, 4) is 0 Å². The number of aliphatic hydroxyl groups excluding tert-OH is 1. The summed E-state index contributed by atoms with van der Waals surface area (Å²) in [4.78, 5) is 11.5. The molecule has 0 aromatic heterocycles. The molecule has 5 heteroatoms. The first-order valence-electron chi connectivity index (χ1n) is 5.92. The summed E-state index contributed by atoms with van der Waals surface area (Å²) in [5.41, 5.74) is 1.72. The van der Waals surface area contributed by atoms with E-state index in [0.29, 0.717) is 19.6 Å². The van der Waals surface area contributed by atoms with Gasteiger partial charge in [0.1, 0.15) is 0 Å². The van der Waals surface area contributed by atoms with Crippen molar-refractivity contribution in [1.29, 1.82) is 0 Å². The number of methoxy groups -OCH3 is 1. The van der Waals surface area contributed by atoms with Gasteiger partial charge in [0.15, 0.2) is 0 Å². The first kappa shape index (κ1) is 14.5. The molecule has 0 bridgehead atoms. The lowest BCUT2D eigenvalue weighted by molar-refractivity contribution is 0.184. The fraction of sp³-hybridized carbons (Fsp3) is 0.462. The second kappa shape index (κ2) is 7.68. The second-order valence-electron chi connectivity index (χ2n) is 4.15. The van der Waals surface area contributed by atoms with Crippen molar-refractivity contribution in [2.75, 3.05) is 19.0 Å². The van der Waals surface area contributed by atoms with Crippen LogP contribution in [0.1, 0.15) is 18.9 Å². The summed E-state index contributed by atoms with van der Waals surface area (Å²) >= 11 is 0. The summed E-state index contributed by atoms with van der Waals surface area (Å²) in [6.07, 6.45) is 0.132. The van der Waals surface area contributed by atoms with E-state index in [1.54, 1.807) is 14.0 Å². The fourth-order valence-corrected chi connectivity index (χ4v) is 1.48. The predicted molar refractivity (Wildman–Crippen MR) is 70.5 cm³/mol. The summed E-state index contributed by atoms with van der Waals surface area (Å²) in [5, 5.41) is 14.5. The number of anilines is 1. The highest BCUT2D eigenvalue weighted by molar-refractivity contribution is 5.89. The quantitative estimate of drug-likeness (QED) is 0.722. The Morgan fingerprint density at radius 3 is 2.94 bits per heavy atom. The van der Waals surface area contributed by atoms with E-state index in [0.717, 1.165) is 11.3 Å². The minimum atomic E-state index is -0.407. The maximum absolute atomic E-state index is 11.5. The van der Waals surface area contributed by atoms with E-state index in [2.05, 4.69) is 10.6 Å². The van der Waals surface area contributed by atoms with Gasteiger partial charge in [-0.15, -0.1) is 0 Å². The van der Waals surface area contributed by atoms with Crippen LogP contribution >= 0.6 is 0 Å². The Morgan fingerprint density at radius 2 is 2.28 bits per heavy atom. The molecule has 1 unspecified atom stereocenters. The number of hydrogen-bond donors (Lipinski definition) is 3. The Balaban J connectivity index is 2.41. The molecular weight excluding hydrogens is 232 g/mol. The molecule has 1 atom stereocenters. The van der Waals surface area contributed by atoms with Gasteiger partial charge in [-0.25, -0.2) is 4.79 Å². The number of rotatable bonds is 6. The molecule has 1 aromatic rings. The summed E-state index contributed by atoms with van der Waals surface area (Å²) in [7, 11) is 1.63. The van der Waals surface area contributed by atoms with Crippen molar-refractivity contribution in [3.05, 3.63) is 29.8 Å². The van der Waals surface area contributed by atoms with Gasteiger partial charge in [-0.3, -0.25) is 0 Å². The van der Waals surface area contributed by atoms with Crippen LogP contribution in [-0.4, -0.2) is 30.9 Å². The minimum Gasteiger partial charge on any atom is -0.393 e. The van der Waals surface area contributed by atoms with Crippen LogP contribution in [0.4, 0.5) is 10.5 Å². The van der Waals surface area contributed by atoms with Crippen LogP contribution in [0.3, 0.4) is 0 Å². The SMILES string of the molecule is COCc1cccc(NC(=O)NCCC(C)O)c1. The van der Waals surface area contributed by atoms with Gasteiger partial charge in [-0.2, -0.15) is 0 Å². The van der Waals surface area contributed by atoms with E-state index in [4.69, 9.17) is 9.84 Å². The largest absolute Gasteiger partial charge is 0.393 e. The average Bonchev–Trinajstić information content (AvgIpc) is 2.29. The van der Waals surface area contributed by atoms with Crippen LogP contribution < -0.4 is 10.6 Å². The second-order valence-corrected chi connectivity index (χ2v) is 4.15. The zero-order valence-corrected chi connectivity index (χ0v) is 10.8. The number of aliphatic hydroxyl groups is 1. The number of nitrogens with one attached hydrogen (secondary N) is 2. The number of hydrogen-bond acceptors (Lipinski definition) is 3. The van der Waals surface area contributed by atoms with Crippen LogP contribution in [0.5, 0.6) is 0 Å². The van der Waals surface area contributed by atoms with Crippen molar-refractivity contribution in [3.63, 3.8) is 0 Å². The Kier molecular flexibility index (Phi) is 6.18. The summed E-state index contributed by atoms with van der Waals surface area (Å²) in [6.45, 7) is 2.65. The molecule has 18 heavy (non-hydrogen) atoms. The Hall–Kier alpha value is -1.59. The third-order valence-electron chi connectivity index (χ3n) is 2.34. The lowest BCUT2D eigenvalue weighted by Crippen LogP contribution is -2.30. The summed E-state index contributed by atoms with van der Waals surface area (Å²) < 4.78 is 5.02. The van der Waals surface area contributed by atoms with Crippen molar-refractivity contribution in [1.82, 2.24) is 5.32 Å². The molecule has 0 aliphatic heterocycles. The van der Waals surface area contributed by atoms with Gasteiger partial charge in [0.05, 0.1) is 12.7 Å². The number of benzene rings is 1. The van der Waals surface area contributed by atoms with Crippen LogP contribution in [0, 0.1) is 0 Å². The lowest BCUT2D eigenvalue weighted by atomic mass is 10.2. The normalized spacial score (nSPS) is 11.9. The molecule has 0 aliphatic carbocycles. The predicted octanol–water partition coefficient (Wildman–Crippen LogP) is 1.73. The Bertz CT molecular complexity index is 380. The van der Waals surface area contributed by atoms with Gasteiger partial charge in [0.2, 0.25) is 0 Å². The maximum Gasteiger partial charge on any atom is 0.319 e. The molecule has 1 rings (SSSR count). The third kappa shape index (κ3) is 5.65. The molecule has 5 nitrogen and oxygen atoms in total. The molecule has 100 valence electrons. The lowest BCUT2D eigenvalue weighted by Gasteiger charge is -2.09. The highest BCUT2D eigenvalue weighted by atomic mass is 16.5. The molecule has 0 saturated carbocycles. The van der Waals surface area contributed by atoms with E-state index in [1.165, 1.54) is 0 Å². The molecule has 2 amide bonds. The molecule has 0 spiro atoms. The van der Waals surface area contributed by atoms with Crippen molar-refractivity contribution < 1.29 is 14.6 Å². The van der Waals surface area contributed by atoms with Gasteiger partial charge >= 0.3 is 6.03 Å². The molecule has 0 saturated heterocycles. The number of amides is 2. The Labute approximate surface area is 107 Å². The van der Waals surface area contributed by atoms with Gasteiger partial charge < -0.3 is 20.5 Å². The smallest absolute Gasteiger partial charge is 0.319 e. The van der Waals surface area contributed by atoms with E-state index >= 15 is 0 Å². The molecular formula is C13H20N2O3. The van der Waals surface area contributed by atoms with Crippen LogP contribution in [0.25, 0.3) is 0 Å². The third-order valence-corrected chi connectivity index (χ3v) is 2.34. The van der Waals surface area contributed by atoms with E-state index < -0.39 is 6.10 Å². The summed E-state index contributed by atoms with van der Waals surface area (Å²) in [5.74, 6) is 0. The van der Waals surface area contributed by atoms with E-state index in [9.17, 15) is 4.79 Å². The molecule has 3 N–H and O–H groups in total. The number of carbonyl (C=O) groups excluding carboxylic acids is 1. The molecule has 0 fully saturated rings. The van der Waals surface area contributed by atoms with Crippen LogP contribution in [0.15, 0.2) is 24.3 Å². The number of ether oxygens (including phenoxy) is 1. The molecule has 0 radical (unpaired) electrons. The standard InChI is InChI=1S/C13H20N2O3/c1-10(16)6-7-14-13(17)15-12-5-3-4-11(8-12)9-18-2/h3-5,8,10,16H,6-7,9H2,1-2H3,(H2,14,15,17). The topological polar surface area (TPSA) is 70.6 Å². The zero-order chi connectivity index (χ0) is 13.4. The highest BCUT2D eigenvalue weighted by Crippen LogP contribution is 2.11. The monoisotopic (exact) mass is 252 g/mol. The highest BCUT2D eigenvalue weighted by Gasteiger charge is 2.03. The maximum atomic E-state index is 11.5. The van der Waals surface area contributed by atoms with Crippen molar-refractivity contribution >= 4 is 11.7 Å². The van der Waals surface area contributed by atoms with Crippen LogP contribution in [-0.2, 0) is 11.3 Å². The molecule has 0 heterocycles. The average molecular weight is 252 g/mol. The van der Waals surface area contributed by atoms with Gasteiger partial charge in [-0.1, -0.05) is 12.1 Å². The van der Waals surface area contributed by atoms with E-state index in [-0.39, 0.29) is 6.03 Å². The Morgan fingerprint density at radius 1 is 1.50 bits per heavy atom. The minimum absolute atomic E-state index is 0.273. The zero-order valence-electron chi connectivity index (χ0n) is 10.8. The van der Waals surface area contributed by atoms with Gasteiger partial charge in [0, 0.05) is 19.3 Å². The number of urea groups is 1. The molecule has 1 aromatic carbocycles. The van der Waals surface area contributed by atoms with E-state index in [1.807, 2.05) is 24.3 Å². The first-order chi connectivity index (χ1) is 8.61. The first-order valence-corrected chi connectivity index (χ1v) is 5.92.